The number of esters is 1. The van der Waals surface area contributed by atoms with Crippen LogP contribution < -0.4 is 0 Å². The molecule has 27 heavy (non-hydrogen) atoms. The third-order valence-corrected chi connectivity index (χ3v) is 5.85. The minimum atomic E-state index is -0.260. The fourth-order valence-corrected chi connectivity index (χ4v) is 4.42. The molecular weight excluding hydrogens is 347 g/mol. The van der Waals surface area contributed by atoms with Crippen LogP contribution in [0.3, 0.4) is 0 Å². The molecule has 1 aromatic carbocycles. The Kier molecular flexibility index (Phi) is 6.47. The molecule has 0 unspecified atom stereocenters. The van der Waals surface area contributed by atoms with Gasteiger partial charge in [0, 0.05) is 44.4 Å². The van der Waals surface area contributed by atoms with Crippen molar-refractivity contribution >= 4 is 11.9 Å². The van der Waals surface area contributed by atoms with Crippen LogP contribution in [0.15, 0.2) is 24.3 Å². The van der Waals surface area contributed by atoms with Crippen molar-refractivity contribution < 1.29 is 18.7 Å². The van der Waals surface area contributed by atoms with Crippen LogP contribution >= 0.6 is 0 Å². The Bertz CT molecular complexity index is 664. The molecule has 3 rings (SSSR count). The van der Waals surface area contributed by atoms with Crippen LogP contribution in [0.1, 0.15) is 44.1 Å². The normalized spacial score (nSPS) is 23.0. The molecule has 0 N–H and O–H groups in total. The minimum Gasteiger partial charge on any atom is -0.469 e. The second kappa shape index (κ2) is 8.83. The number of methoxy groups -OCH3 is 1. The number of benzene rings is 1. The van der Waals surface area contributed by atoms with Crippen molar-refractivity contribution in [1.82, 2.24) is 9.80 Å². The van der Waals surface area contributed by atoms with Gasteiger partial charge in [0.25, 0.3) is 0 Å². The lowest BCUT2D eigenvalue weighted by Gasteiger charge is -2.40. The number of carbonyl (C=O) groups excluding carboxylic acids is 2. The minimum absolute atomic E-state index is 0.145. The van der Waals surface area contributed by atoms with Gasteiger partial charge in [-0.05, 0) is 49.9 Å². The van der Waals surface area contributed by atoms with E-state index in [1.807, 2.05) is 17.0 Å². The molecule has 1 aromatic rings. The molecule has 0 bridgehead atoms. The maximum absolute atomic E-state index is 13.1. The molecule has 0 aromatic heterocycles. The molecule has 5 nitrogen and oxygen atoms in total. The summed E-state index contributed by atoms with van der Waals surface area (Å²) in [5, 5.41) is 0. The third kappa shape index (κ3) is 5.28. The van der Waals surface area contributed by atoms with Crippen molar-refractivity contribution in [2.24, 2.45) is 5.41 Å². The highest BCUT2D eigenvalue weighted by Gasteiger charge is 2.42. The van der Waals surface area contributed by atoms with Gasteiger partial charge >= 0.3 is 5.97 Å². The SMILES string of the molecule is COC(=O)CCCC(=O)N1CC[C@]2(CCCN(Cc3ccc(F)cc3)C2)C1. The first kappa shape index (κ1) is 19.8. The smallest absolute Gasteiger partial charge is 0.305 e. The van der Waals surface area contributed by atoms with Crippen LogP contribution in [0.2, 0.25) is 0 Å². The van der Waals surface area contributed by atoms with E-state index in [-0.39, 0.29) is 23.1 Å². The van der Waals surface area contributed by atoms with Gasteiger partial charge in [-0.1, -0.05) is 12.1 Å². The molecule has 1 amide bonds. The van der Waals surface area contributed by atoms with Crippen molar-refractivity contribution in [1.29, 1.82) is 0 Å². The molecule has 2 saturated heterocycles. The van der Waals surface area contributed by atoms with Gasteiger partial charge in [0.2, 0.25) is 5.91 Å². The van der Waals surface area contributed by atoms with E-state index in [0.29, 0.717) is 19.3 Å². The summed E-state index contributed by atoms with van der Waals surface area (Å²) < 4.78 is 17.7. The summed E-state index contributed by atoms with van der Waals surface area (Å²) in [6.45, 7) is 4.48. The molecule has 2 aliphatic rings. The maximum Gasteiger partial charge on any atom is 0.305 e. The summed E-state index contributed by atoms with van der Waals surface area (Å²) in [6, 6.07) is 6.73. The molecule has 0 saturated carbocycles. The van der Waals surface area contributed by atoms with E-state index >= 15 is 0 Å². The highest BCUT2D eigenvalue weighted by molar-refractivity contribution is 5.77. The summed E-state index contributed by atoms with van der Waals surface area (Å²) in [5.41, 5.74) is 1.30. The monoisotopic (exact) mass is 376 g/mol. The van der Waals surface area contributed by atoms with E-state index in [1.54, 1.807) is 0 Å². The molecule has 6 heteroatoms. The highest BCUT2D eigenvalue weighted by Crippen LogP contribution is 2.39. The Morgan fingerprint density at radius 3 is 2.63 bits per heavy atom. The summed E-state index contributed by atoms with van der Waals surface area (Å²) >= 11 is 0. The highest BCUT2D eigenvalue weighted by atomic mass is 19.1. The van der Waals surface area contributed by atoms with Gasteiger partial charge in [0.1, 0.15) is 5.82 Å². The molecule has 1 atom stereocenters. The van der Waals surface area contributed by atoms with Gasteiger partial charge < -0.3 is 9.64 Å². The van der Waals surface area contributed by atoms with Crippen molar-refractivity contribution in [3.8, 4) is 0 Å². The molecule has 2 heterocycles. The number of likely N-dealkylation sites (tertiary alicyclic amines) is 2. The van der Waals surface area contributed by atoms with Crippen LogP contribution in [-0.4, -0.2) is 55.0 Å². The fourth-order valence-electron chi connectivity index (χ4n) is 4.42. The second-order valence-electron chi connectivity index (χ2n) is 7.94. The summed E-state index contributed by atoms with van der Waals surface area (Å²) in [4.78, 5) is 28.1. The first-order valence-electron chi connectivity index (χ1n) is 9.81. The van der Waals surface area contributed by atoms with Gasteiger partial charge in [0.05, 0.1) is 7.11 Å². The quantitative estimate of drug-likeness (QED) is 0.716. The Morgan fingerprint density at radius 1 is 1.11 bits per heavy atom. The molecule has 2 fully saturated rings. The summed E-state index contributed by atoms with van der Waals surface area (Å²) in [7, 11) is 1.37. The van der Waals surface area contributed by atoms with Crippen LogP contribution in [-0.2, 0) is 20.9 Å². The average molecular weight is 376 g/mol. The molecule has 0 radical (unpaired) electrons. The Labute approximate surface area is 160 Å². The molecule has 148 valence electrons. The predicted molar refractivity (Wildman–Crippen MR) is 100 cm³/mol. The van der Waals surface area contributed by atoms with Gasteiger partial charge in [-0.2, -0.15) is 0 Å². The fraction of sp³-hybridized carbons (Fsp3) is 0.619. The van der Waals surface area contributed by atoms with E-state index in [1.165, 1.54) is 19.2 Å². The van der Waals surface area contributed by atoms with Crippen LogP contribution in [0.5, 0.6) is 0 Å². The number of hydrogen-bond donors (Lipinski definition) is 0. The average Bonchev–Trinajstić information content (AvgIpc) is 3.06. The van der Waals surface area contributed by atoms with Gasteiger partial charge in [-0.3, -0.25) is 14.5 Å². The van der Waals surface area contributed by atoms with Crippen LogP contribution in [0, 0.1) is 11.2 Å². The number of amides is 1. The number of hydrogen-bond acceptors (Lipinski definition) is 4. The standard InChI is InChI=1S/C21H29FN2O3/c1-27-20(26)5-2-4-19(25)24-13-11-21(16-24)10-3-12-23(15-21)14-17-6-8-18(22)9-7-17/h6-9H,2-5,10-16H2,1H3/t21-/m0/s1. The zero-order valence-electron chi connectivity index (χ0n) is 16.1. The molecule has 2 aliphatic heterocycles. The number of carbonyl (C=O) groups is 2. The van der Waals surface area contributed by atoms with E-state index in [4.69, 9.17) is 0 Å². The topological polar surface area (TPSA) is 49.9 Å². The lowest BCUT2D eigenvalue weighted by molar-refractivity contribution is -0.140. The number of nitrogens with zero attached hydrogens (tertiary/aromatic N) is 2. The first-order valence-corrected chi connectivity index (χ1v) is 9.81. The zero-order chi connectivity index (χ0) is 19.3. The molecular formula is C21H29FN2O3. The van der Waals surface area contributed by atoms with Crippen molar-refractivity contribution in [3.05, 3.63) is 35.6 Å². The van der Waals surface area contributed by atoms with Gasteiger partial charge in [0.15, 0.2) is 0 Å². The van der Waals surface area contributed by atoms with Crippen molar-refractivity contribution in [3.63, 3.8) is 0 Å². The van der Waals surface area contributed by atoms with E-state index < -0.39 is 0 Å². The summed E-state index contributed by atoms with van der Waals surface area (Å²) in [5.74, 6) is -0.318. The number of piperidine rings is 1. The Balaban J connectivity index is 1.50. The second-order valence-corrected chi connectivity index (χ2v) is 7.94. The lowest BCUT2D eigenvalue weighted by atomic mass is 9.79. The van der Waals surface area contributed by atoms with Crippen molar-refractivity contribution in [2.45, 2.75) is 45.1 Å². The van der Waals surface area contributed by atoms with Crippen LogP contribution in [0.4, 0.5) is 4.39 Å². The van der Waals surface area contributed by atoms with Gasteiger partial charge in [-0.25, -0.2) is 4.39 Å². The lowest BCUT2D eigenvalue weighted by Crippen LogP contribution is -2.45. The van der Waals surface area contributed by atoms with E-state index in [2.05, 4.69) is 9.64 Å². The van der Waals surface area contributed by atoms with E-state index in [9.17, 15) is 14.0 Å². The van der Waals surface area contributed by atoms with Gasteiger partial charge in [-0.15, -0.1) is 0 Å². The zero-order valence-corrected chi connectivity index (χ0v) is 16.1. The molecule has 1 spiro atoms. The Hall–Kier alpha value is -1.95. The summed E-state index contributed by atoms with van der Waals surface area (Å²) in [6.07, 6.45) is 4.57. The predicted octanol–water partition coefficient (Wildman–Crippen LogP) is 2.98. The number of ether oxygens (including phenoxy) is 1. The largest absolute Gasteiger partial charge is 0.469 e. The third-order valence-electron chi connectivity index (χ3n) is 5.85. The van der Waals surface area contributed by atoms with Crippen molar-refractivity contribution in [2.75, 3.05) is 33.3 Å². The first-order chi connectivity index (χ1) is 13.0. The van der Waals surface area contributed by atoms with E-state index in [0.717, 1.165) is 57.5 Å². The number of rotatable bonds is 6. The number of halogens is 1. The maximum atomic E-state index is 13.1. The van der Waals surface area contributed by atoms with Crippen LogP contribution in [0.25, 0.3) is 0 Å². The molecule has 0 aliphatic carbocycles. The Morgan fingerprint density at radius 2 is 1.89 bits per heavy atom.